The highest BCUT2D eigenvalue weighted by Gasteiger charge is 2.26. The SMILES string of the molecule is CC(C)N(CC(=O)NCc1cccc(Cl)c1)C1CCCC1. The molecule has 0 bridgehead atoms. The van der Waals surface area contributed by atoms with E-state index in [1.165, 1.54) is 25.7 Å². The maximum atomic E-state index is 12.2. The highest BCUT2D eigenvalue weighted by atomic mass is 35.5. The van der Waals surface area contributed by atoms with E-state index in [9.17, 15) is 4.79 Å². The molecule has 1 N–H and O–H groups in total. The zero-order valence-corrected chi connectivity index (χ0v) is 13.7. The van der Waals surface area contributed by atoms with Crippen molar-refractivity contribution in [3.05, 3.63) is 34.9 Å². The van der Waals surface area contributed by atoms with E-state index in [-0.39, 0.29) is 5.91 Å². The Morgan fingerprint density at radius 2 is 2.10 bits per heavy atom. The van der Waals surface area contributed by atoms with Gasteiger partial charge < -0.3 is 5.32 Å². The van der Waals surface area contributed by atoms with E-state index in [4.69, 9.17) is 11.6 Å². The van der Waals surface area contributed by atoms with Gasteiger partial charge >= 0.3 is 0 Å². The van der Waals surface area contributed by atoms with Gasteiger partial charge in [0, 0.05) is 23.7 Å². The van der Waals surface area contributed by atoms with E-state index >= 15 is 0 Å². The van der Waals surface area contributed by atoms with E-state index in [0.29, 0.717) is 30.2 Å². The van der Waals surface area contributed by atoms with Crippen molar-refractivity contribution >= 4 is 17.5 Å². The number of amides is 1. The van der Waals surface area contributed by atoms with Crippen molar-refractivity contribution in [2.45, 2.75) is 58.2 Å². The first-order valence-electron chi connectivity index (χ1n) is 7.83. The van der Waals surface area contributed by atoms with Crippen LogP contribution < -0.4 is 5.32 Å². The van der Waals surface area contributed by atoms with Crippen LogP contribution in [0.1, 0.15) is 45.1 Å². The molecule has 1 aliphatic rings. The molecule has 0 aromatic heterocycles. The second kappa shape index (κ2) is 7.81. The van der Waals surface area contributed by atoms with Crippen LogP contribution in [0.5, 0.6) is 0 Å². The second-order valence-electron chi connectivity index (χ2n) is 6.11. The Labute approximate surface area is 132 Å². The van der Waals surface area contributed by atoms with Crippen LogP contribution in [0, 0.1) is 0 Å². The van der Waals surface area contributed by atoms with Crippen molar-refractivity contribution in [3.63, 3.8) is 0 Å². The van der Waals surface area contributed by atoms with E-state index in [2.05, 4.69) is 24.1 Å². The van der Waals surface area contributed by atoms with Crippen LogP contribution in [-0.4, -0.2) is 29.4 Å². The Hall–Kier alpha value is -1.06. The summed E-state index contributed by atoms with van der Waals surface area (Å²) in [6.45, 7) is 5.37. The second-order valence-corrected chi connectivity index (χ2v) is 6.55. The Bertz CT molecular complexity index is 470. The van der Waals surface area contributed by atoms with Crippen molar-refractivity contribution in [1.29, 1.82) is 0 Å². The minimum atomic E-state index is 0.0931. The Kier molecular flexibility index (Phi) is 6.07. The normalized spacial score (nSPS) is 15.9. The van der Waals surface area contributed by atoms with Gasteiger partial charge in [0.2, 0.25) is 5.91 Å². The predicted molar refractivity (Wildman–Crippen MR) is 87.4 cm³/mol. The van der Waals surface area contributed by atoms with Crippen LogP contribution >= 0.6 is 11.6 Å². The summed E-state index contributed by atoms with van der Waals surface area (Å²) >= 11 is 5.95. The van der Waals surface area contributed by atoms with Crippen LogP contribution in [0.2, 0.25) is 5.02 Å². The molecule has 4 heteroatoms. The van der Waals surface area contributed by atoms with Gasteiger partial charge in [0.25, 0.3) is 0 Å². The summed E-state index contributed by atoms with van der Waals surface area (Å²) in [5.41, 5.74) is 1.04. The van der Waals surface area contributed by atoms with E-state index in [0.717, 1.165) is 5.56 Å². The van der Waals surface area contributed by atoms with Gasteiger partial charge in [-0.1, -0.05) is 36.6 Å². The molecule has 116 valence electrons. The number of benzene rings is 1. The highest BCUT2D eigenvalue weighted by Crippen LogP contribution is 2.24. The molecule has 1 aromatic carbocycles. The lowest BCUT2D eigenvalue weighted by Gasteiger charge is -2.31. The molecular weight excluding hydrogens is 284 g/mol. The van der Waals surface area contributed by atoms with E-state index in [1.54, 1.807) is 0 Å². The summed E-state index contributed by atoms with van der Waals surface area (Å²) in [5.74, 6) is 0.0931. The smallest absolute Gasteiger partial charge is 0.234 e. The third-order valence-corrected chi connectivity index (χ3v) is 4.40. The van der Waals surface area contributed by atoms with E-state index in [1.807, 2.05) is 24.3 Å². The van der Waals surface area contributed by atoms with Gasteiger partial charge in [-0.2, -0.15) is 0 Å². The fourth-order valence-electron chi connectivity index (χ4n) is 3.04. The molecule has 0 spiro atoms. The van der Waals surface area contributed by atoms with Crippen molar-refractivity contribution < 1.29 is 4.79 Å². The van der Waals surface area contributed by atoms with Crippen molar-refractivity contribution in [2.75, 3.05) is 6.54 Å². The Balaban J connectivity index is 1.84. The van der Waals surface area contributed by atoms with Crippen LogP contribution in [0.15, 0.2) is 24.3 Å². The van der Waals surface area contributed by atoms with Crippen LogP contribution in [0.4, 0.5) is 0 Å². The first kappa shape index (κ1) is 16.3. The molecule has 0 saturated heterocycles. The molecule has 1 saturated carbocycles. The topological polar surface area (TPSA) is 32.3 Å². The number of carbonyl (C=O) groups is 1. The van der Waals surface area contributed by atoms with Gasteiger partial charge in [-0.05, 0) is 44.4 Å². The number of hydrogen-bond donors (Lipinski definition) is 1. The molecule has 0 unspecified atom stereocenters. The monoisotopic (exact) mass is 308 g/mol. The van der Waals surface area contributed by atoms with Gasteiger partial charge in [-0.25, -0.2) is 0 Å². The fourth-order valence-corrected chi connectivity index (χ4v) is 3.25. The van der Waals surface area contributed by atoms with Gasteiger partial charge in [-0.3, -0.25) is 9.69 Å². The quantitative estimate of drug-likeness (QED) is 0.870. The van der Waals surface area contributed by atoms with Gasteiger partial charge in [0.15, 0.2) is 0 Å². The zero-order chi connectivity index (χ0) is 15.2. The number of carbonyl (C=O) groups excluding carboxylic acids is 1. The minimum absolute atomic E-state index is 0.0931. The lowest BCUT2D eigenvalue weighted by Crippen LogP contribution is -2.45. The van der Waals surface area contributed by atoms with Gasteiger partial charge in [0.1, 0.15) is 0 Å². The number of rotatable bonds is 6. The molecule has 3 nitrogen and oxygen atoms in total. The first-order valence-corrected chi connectivity index (χ1v) is 8.21. The first-order chi connectivity index (χ1) is 10.1. The maximum absolute atomic E-state index is 12.2. The summed E-state index contributed by atoms with van der Waals surface area (Å²) in [6, 6.07) is 8.59. The van der Waals surface area contributed by atoms with Crippen molar-refractivity contribution in [3.8, 4) is 0 Å². The van der Waals surface area contributed by atoms with Gasteiger partial charge in [-0.15, -0.1) is 0 Å². The molecule has 0 atom stereocenters. The maximum Gasteiger partial charge on any atom is 0.234 e. The molecular formula is C17H25ClN2O. The standard InChI is InChI=1S/C17H25ClN2O/c1-13(2)20(16-8-3-4-9-16)12-17(21)19-11-14-6-5-7-15(18)10-14/h5-7,10,13,16H,3-4,8-9,11-12H2,1-2H3,(H,19,21). The lowest BCUT2D eigenvalue weighted by molar-refractivity contribution is -0.123. The largest absolute Gasteiger partial charge is 0.351 e. The molecule has 1 amide bonds. The van der Waals surface area contributed by atoms with Crippen LogP contribution in [0.3, 0.4) is 0 Å². The van der Waals surface area contributed by atoms with Crippen molar-refractivity contribution in [2.24, 2.45) is 0 Å². The summed E-state index contributed by atoms with van der Waals surface area (Å²) in [6.07, 6.45) is 5.02. The summed E-state index contributed by atoms with van der Waals surface area (Å²) in [4.78, 5) is 14.5. The fraction of sp³-hybridized carbons (Fsp3) is 0.588. The molecule has 1 aliphatic carbocycles. The van der Waals surface area contributed by atoms with Crippen LogP contribution in [-0.2, 0) is 11.3 Å². The molecule has 1 aromatic rings. The molecule has 2 rings (SSSR count). The predicted octanol–water partition coefficient (Wildman–Crippen LogP) is 3.61. The summed E-state index contributed by atoms with van der Waals surface area (Å²) in [5, 5.41) is 3.70. The molecule has 1 fully saturated rings. The average molecular weight is 309 g/mol. The third kappa shape index (κ3) is 5.01. The Morgan fingerprint density at radius 1 is 1.38 bits per heavy atom. The minimum Gasteiger partial charge on any atom is -0.351 e. The Morgan fingerprint density at radius 3 is 2.71 bits per heavy atom. The zero-order valence-electron chi connectivity index (χ0n) is 12.9. The summed E-state index contributed by atoms with van der Waals surface area (Å²) < 4.78 is 0. The third-order valence-electron chi connectivity index (χ3n) is 4.16. The number of hydrogen-bond acceptors (Lipinski definition) is 2. The van der Waals surface area contributed by atoms with Gasteiger partial charge in [0.05, 0.1) is 6.54 Å². The highest BCUT2D eigenvalue weighted by molar-refractivity contribution is 6.30. The summed E-state index contributed by atoms with van der Waals surface area (Å²) in [7, 11) is 0. The molecule has 0 radical (unpaired) electrons. The van der Waals surface area contributed by atoms with Crippen LogP contribution in [0.25, 0.3) is 0 Å². The van der Waals surface area contributed by atoms with E-state index < -0.39 is 0 Å². The number of nitrogens with one attached hydrogen (secondary N) is 1. The molecule has 21 heavy (non-hydrogen) atoms. The lowest BCUT2D eigenvalue weighted by atomic mass is 10.1. The number of nitrogens with zero attached hydrogens (tertiary/aromatic N) is 1. The number of halogens is 1. The molecule has 0 aliphatic heterocycles. The average Bonchev–Trinajstić information content (AvgIpc) is 2.96. The molecule has 0 heterocycles. The van der Waals surface area contributed by atoms with Crippen molar-refractivity contribution in [1.82, 2.24) is 10.2 Å².